The number of thiol groups is 2. The first-order valence-electron chi connectivity index (χ1n) is 14.4. The first-order valence-corrected chi connectivity index (χ1v) is 19.3. The Morgan fingerprint density at radius 1 is 0.729 bits per heavy atom. The highest BCUT2D eigenvalue weighted by atomic mass is 32.7. The molecule has 5 unspecified atom stereocenters. The lowest BCUT2D eigenvalue weighted by Gasteiger charge is -2.17. The number of aliphatic hydroxyl groups excluding tert-OH is 4. The summed E-state index contributed by atoms with van der Waals surface area (Å²) in [4.78, 5) is 25.9. The second-order valence-corrected chi connectivity index (χ2v) is 14.4. The van der Waals surface area contributed by atoms with Gasteiger partial charge in [0, 0.05) is 13.1 Å². The monoisotopic (exact) mass is 742 g/mol. The number of aromatic nitrogens is 8. The SMILES string of the molecule is O=[P+](S)NC1C(CO)O[C@@H](n2cnc3c(NC/C=C/CNc4ncnc5c4ncn5[C@@H]4O[C@H](CO)C(N[P+](=O)S)[C@H]4O)ncnc32)[C@@H]1O. The van der Waals surface area contributed by atoms with Crippen LogP contribution in [0, 0.1) is 0 Å². The molecule has 0 radical (unpaired) electrons. The largest absolute Gasteiger partial charge is 0.504 e. The van der Waals surface area contributed by atoms with Crippen LogP contribution in [0.25, 0.3) is 22.3 Å². The highest BCUT2D eigenvalue weighted by Crippen LogP contribution is 2.37. The maximum Gasteiger partial charge on any atom is 0.504 e. The number of aliphatic hydroxyl groups is 4. The minimum atomic E-state index is -2.10. The molecule has 0 spiro atoms. The quantitative estimate of drug-likeness (QED) is 0.0449. The van der Waals surface area contributed by atoms with Crippen LogP contribution in [0.15, 0.2) is 37.5 Å². The molecule has 256 valence electrons. The van der Waals surface area contributed by atoms with Gasteiger partial charge in [0.15, 0.2) is 46.4 Å². The Bertz CT molecular complexity index is 1690. The number of nitrogens with zero attached hydrogens (tertiary/aromatic N) is 8. The van der Waals surface area contributed by atoms with Crippen LogP contribution < -0.4 is 20.8 Å². The molecule has 0 bridgehead atoms. The van der Waals surface area contributed by atoms with E-state index in [9.17, 15) is 29.6 Å². The molecule has 0 saturated carbocycles. The maximum atomic E-state index is 11.6. The van der Waals surface area contributed by atoms with Gasteiger partial charge in [-0.1, -0.05) is 22.3 Å². The van der Waals surface area contributed by atoms with E-state index in [1.54, 1.807) is 0 Å². The first kappa shape index (κ1) is 34.9. The molecule has 4 aromatic heterocycles. The third-order valence-corrected chi connectivity index (χ3v) is 9.57. The molecule has 0 aromatic carbocycles. The summed E-state index contributed by atoms with van der Waals surface area (Å²) in [6, 6.07) is -1.63. The van der Waals surface area contributed by atoms with Crippen LogP contribution in [0.2, 0.25) is 0 Å². The third-order valence-electron chi connectivity index (χ3n) is 7.84. The number of hydrogen-bond acceptors (Lipinski definition) is 16. The van der Waals surface area contributed by atoms with Crippen molar-refractivity contribution in [2.24, 2.45) is 0 Å². The van der Waals surface area contributed by atoms with E-state index in [-0.39, 0.29) is 0 Å². The van der Waals surface area contributed by atoms with Crippen LogP contribution >= 0.6 is 38.8 Å². The van der Waals surface area contributed by atoms with Crippen LogP contribution in [0.1, 0.15) is 12.5 Å². The minimum Gasteiger partial charge on any atom is -0.394 e. The molecule has 6 rings (SSSR count). The van der Waals surface area contributed by atoms with Crippen LogP contribution in [0.5, 0.6) is 0 Å². The molecule has 48 heavy (non-hydrogen) atoms. The summed E-state index contributed by atoms with van der Waals surface area (Å²) >= 11 is 7.69. The molecular weight excluding hydrogens is 710 g/mol. The molecule has 2 aliphatic rings. The van der Waals surface area contributed by atoms with Gasteiger partial charge in [-0.15, -0.1) is 0 Å². The van der Waals surface area contributed by atoms with Crippen LogP contribution in [0.4, 0.5) is 11.6 Å². The predicted molar refractivity (Wildman–Crippen MR) is 178 cm³/mol. The number of imidazole rings is 2. The van der Waals surface area contributed by atoms with E-state index >= 15 is 0 Å². The molecule has 20 nitrogen and oxygen atoms in total. The topological polar surface area (TPSA) is 269 Å². The number of anilines is 2. The summed E-state index contributed by atoms with van der Waals surface area (Å²) in [7, 11) is -4.20. The molecule has 6 heterocycles. The zero-order chi connectivity index (χ0) is 33.9. The van der Waals surface area contributed by atoms with Gasteiger partial charge in [-0.3, -0.25) is 9.13 Å². The summed E-state index contributed by atoms with van der Waals surface area (Å²) in [5, 5.41) is 52.7. The van der Waals surface area contributed by atoms with Crippen molar-refractivity contribution in [3.8, 4) is 0 Å². The molecule has 24 heteroatoms. The molecule has 10 atom stereocenters. The van der Waals surface area contributed by atoms with Crippen molar-refractivity contribution in [2.45, 2.75) is 49.0 Å². The van der Waals surface area contributed by atoms with Gasteiger partial charge < -0.3 is 40.5 Å². The summed E-state index contributed by atoms with van der Waals surface area (Å²) < 4.78 is 37.9. The predicted octanol–water partition coefficient (Wildman–Crippen LogP) is -0.362. The van der Waals surface area contributed by atoms with Gasteiger partial charge >= 0.3 is 14.3 Å². The zero-order valence-electron chi connectivity index (χ0n) is 24.7. The van der Waals surface area contributed by atoms with Crippen molar-refractivity contribution in [3.63, 3.8) is 0 Å². The average Bonchev–Trinajstić information content (AvgIpc) is 3.83. The van der Waals surface area contributed by atoms with E-state index in [0.717, 1.165) is 0 Å². The molecule has 8 N–H and O–H groups in total. The van der Waals surface area contributed by atoms with Crippen molar-refractivity contribution < 1.29 is 39.0 Å². The molecular formula is C24H32N12O8P2S2+2. The number of ether oxygens (including phenoxy) is 2. The second kappa shape index (κ2) is 15.3. The fourth-order valence-corrected chi connectivity index (χ4v) is 7.59. The third kappa shape index (κ3) is 7.02. The second-order valence-electron chi connectivity index (χ2n) is 10.7. The summed E-state index contributed by atoms with van der Waals surface area (Å²) in [5.74, 6) is 0.884. The standard InChI is InChI=1S/C24H30N12O8P2S2/c37-5-11-13(33-45(41)47)17(39)23(43-11)35-9-31-15-19(27-7-29-21(15)35)25-3-1-2-4-26-20-16-22(30-8-28-20)36(10-32-16)24-18(40)14(34-46(42)48)12(6-38)44-24/h1-2,7-14,17-18,23-24,37-40H,3-6H2,(H4-2,25,26,27,28,29,30,33,34,41,42,47,48)/p+2/b2-1+/t11-,12?,13?,14?,17-,18-,23-,24-/m1/s1. The van der Waals surface area contributed by atoms with E-state index in [0.29, 0.717) is 47.1 Å². The fraction of sp³-hybridized carbons (Fsp3) is 0.500. The Labute approximate surface area is 283 Å². The van der Waals surface area contributed by atoms with Gasteiger partial charge in [0.2, 0.25) is 0 Å². The van der Waals surface area contributed by atoms with Crippen molar-refractivity contribution in [1.82, 2.24) is 49.2 Å². The molecule has 0 aliphatic carbocycles. The van der Waals surface area contributed by atoms with E-state index in [1.165, 1.54) is 34.4 Å². The summed E-state index contributed by atoms with van der Waals surface area (Å²) in [5.41, 5.74) is 1.63. The molecule has 2 aliphatic heterocycles. The Hall–Kier alpha value is -2.98. The highest BCUT2D eigenvalue weighted by Gasteiger charge is 2.49. The molecule has 0 amide bonds. The van der Waals surface area contributed by atoms with E-state index in [1.807, 2.05) is 12.2 Å². The Morgan fingerprint density at radius 3 is 1.52 bits per heavy atom. The van der Waals surface area contributed by atoms with Gasteiger partial charge in [-0.05, 0) is 9.13 Å². The zero-order valence-corrected chi connectivity index (χ0v) is 28.3. The van der Waals surface area contributed by atoms with Crippen LogP contribution in [-0.4, -0.2) is 122 Å². The Balaban J connectivity index is 1.07. The summed E-state index contributed by atoms with van der Waals surface area (Å²) in [6.45, 7) is -0.0644. The van der Waals surface area contributed by atoms with Gasteiger partial charge in [0.1, 0.15) is 73.7 Å². The fourth-order valence-electron chi connectivity index (χ4n) is 5.64. The van der Waals surface area contributed by atoms with Crippen LogP contribution in [-0.2, 0) is 18.6 Å². The molecule has 4 aromatic rings. The van der Waals surface area contributed by atoms with Gasteiger partial charge in [0.05, 0.1) is 25.9 Å². The van der Waals surface area contributed by atoms with Gasteiger partial charge in [-0.25, -0.2) is 29.9 Å². The average molecular weight is 743 g/mol. The molecule has 2 saturated heterocycles. The Morgan fingerprint density at radius 2 is 1.15 bits per heavy atom. The van der Waals surface area contributed by atoms with Crippen molar-refractivity contribution in [2.75, 3.05) is 36.9 Å². The van der Waals surface area contributed by atoms with Gasteiger partial charge in [0.25, 0.3) is 0 Å². The minimum absolute atomic E-state index is 0.376. The molecule has 2 fully saturated rings. The van der Waals surface area contributed by atoms with E-state index in [2.05, 4.69) is 75.2 Å². The smallest absolute Gasteiger partial charge is 0.394 e. The number of nitrogens with one attached hydrogen (secondary N) is 4. The Kier molecular flexibility index (Phi) is 11.1. The lowest BCUT2D eigenvalue weighted by Crippen LogP contribution is -2.42. The lowest BCUT2D eigenvalue weighted by atomic mass is 10.1. The van der Waals surface area contributed by atoms with Crippen molar-refractivity contribution >= 4 is 72.8 Å². The lowest BCUT2D eigenvalue weighted by molar-refractivity contribution is -0.0489. The highest BCUT2D eigenvalue weighted by molar-refractivity contribution is 8.40. The normalized spacial score (nSPS) is 28.1. The van der Waals surface area contributed by atoms with E-state index in [4.69, 9.17) is 9.47 Å². The van der Waals surface area contributed by atoms with Crippen molar-refractivity contribution in [3.05, 3.63) is 37.5 Å². The number of hydrogen-bond donors (Lipinski definition) is 10. The maximum absolute atomic E-state index is 11.6. The van der Waals surface area contributed by atoms with E-state index < -0.39 is 76.5 Å². The van der Waals surface area contributed by atoms with Gasteiger partial charge in [-0.2, -0.15) is 0 Å². The van der Waals surface area contributed by atoms with Crippen LogP contribution in [0.3, 0.4) is 0 Å². The summed E-state index contributed by atoms with van der Waals surface area (Å²) in [6.07, 6.45) is 3.42. The number of rotatable bonds is 14. The van der Waals surface area contributed by atoms with Crippen molar-refractivity contribution in [1.29, 1.82) is 0 Å². The number of fused-ring (bicyclic) bond motifs is 2. The first-order chi connectivity index (χ1) is 23.2.